The van der Waals surface area contributed by atoms with E-state index in [0.717, 1.165) is 11.3 Å². The highest BCUT2D eigenvalue weighted by atomic mass is 28.3. The summed E-state index contributed by atoms with van der Waals surface area (Å²) in [6, 6.07) is 38.3. The van der Waals surface area contributed by atoms with Gasteiger partial charge in [-0.2, -0.15) is 0 Å². The van der Waals surface area contributed by atoms with Crippen LogP contribution >= 0.6 is 0 Å². The molecule has 164 valence electrons. The molecule has 0 aliphatic carbocycles. The Hall–Kier alpha value is -3.69. The minimum Gasteiger partial charge on any atom is -0.296 e. The van der Waals surface area contributed by atoms with Gasteiger partial charge in [-0.05, 0) is 27.9 Å². The molecular formula is C31H26N2Si. The lowest BCUT2D eigenvalue weighted by molar-refractivity contribution is 0.688. The van der Waals surface area contributed by atoms with Gasteiger partial charge in [0.05, 0.1) is 11.2 Å². The highest BCUT2D eigenvalue weighted by molar-refractivity contribution is 7.14. The number of aromatic nitrogens is 2. The minimum atomic E-state index is -2.53. The largest absolute Gasteiger partial charge is 0.296 e. The van der Waals surface area contributed by atoms with Crippen LogP contribution in [0.15, 0.2) is 103 Å². The molecule has 0 N–H and O–H groups in total. The number of pyridine rings is 1. The fraction of sp³-hybridized carbons (Fsp3) is 0.129. The molecule has 2 aromatic heterocycles. The second-order valence-electron chi connectivity index (χ2n) is 10.1. The molecule has 0 atom stereocenters. The Morgan fingerprint density at radius 3 is 1.85 bits per heavy atom. The van der Waals surface area contributed by atoms with Crippen LogP contribution in [0.25, 0.3) is 27.3 Å². The summed E-state index contributed by atoms with van der Waals surface area (Å²) in [7, 11) is -2.53. The van der Waals surface area contributed by atoms with Crippen molar-refractivity contribution in [3.63, 3.8) is 0 Å². The number of benzene rings is 4. The minimum absolute atomic E-state index is 0.122. The number of aryl methyl sites for hydroxylation is 1. The number of hydrogen-bond acceptors (Lipinski definition) is 1. The van der Waals surface area contributed by atoms with Gasteiger partial charge >= 0.3 is 0 Å². The number of hydrogen-bond donors (Lipinski definition) is 0. The van der Waals surface area contributed by atoms with Crippen LogP contribution in [0.5, 0.6) is 0 Å². The third kappa shape index (κ3) is 2.18. The van der Waals surface area contributed by atoms with Gasteiger partial charge in [-0.25, -0.2) is 4.98 Å². The maximum atomic E-state index is 5.23. The van der Waals surface area contributed by atoms with Crippen LogP contribution in [-0.2, 0) is 5.04 Å². The van der Waals surface area contributed by atoms with Crippen molar-refractivity contribution in [2.45, 2.75) is 25.8 Å². The summed E-state index contributed by atoms with van der Waals surface area (Å²) in [6.45, 7) is 7.13. The van der Waals surface area contributed by atoms with Crippen LogP contribution in [0.3, 0.4) is 0 Å². The van der Waals surface area contributed by atoms with E-state index in [1.807, 2.05) is 0 Å². The Morgan fingerprint density at radius 2 is 1.21 bits per heavy atom. The van der Waals surface area contributed by atoms with Gasteiger partial charge < -0.3 is 0 Å². The Labute approximate surface area is 200 Å². The van der Waals surface area contributed by atoms with Crippen LogP contribution in [0.1, 0.15) is 25.2 Å². The first-order valence-corrected chi connectivity index (χ1v) is 14.0. The van der Waals surface area contributed by atoms with Crippen molar-refractivity contribution in [1.82, 2.24) is 9.38 Å². The summed E-state index contributed by atoms with van der Waals surface area (Å²) in [5, 5.41) is 8.09. The summed E-state index contributed by atoms with van der Waals surface area (Å²) in [4.78, 5) is 5.23. The quantitative estimate of drug-likeness (QED) is 0.258. The van der Waals surface area contributed by atoms with Gasteiger partial charge in [-0.1, -0.05) is 117 Å². The first kappa shape index (κ1) is 19.7. The van der Waals surface area contributed by atoms with E-state index in [1.54, 1.807) is 0 Å². The van der Waals surface area contributed by atoms with Crippen LogP contribution in [0.4, 0.5) is 0 Å². The molecule has 0 amide bonds. The number of rotatable bonds is 2. The number of nitrogens with zero attached hydrogens (tertiary/aromatic N) is 2. The third-order valence-electron chi connectivity index (χ3n) is 8.12. The molecule has 2 nitrogen and oxygen atoms in total. The maximum Gasteiger partial charge on any atom is 0.162 e. The van der Waals surface area contributed by atoms with Crippen LogP contribution in [-0.4, -0.2) is 17.5 Å². The molecule has 34 heavy (non-hydrogen) atoms. The van der Waals surface area contributed by atoms with Gasteiger partial charge in [-0.3, -0.25) is 4.40 Å². The van der Waals surface area contributed by atoms with Crippen molar-refractivity contribution >= 4 is 51.0 Å². The molecule has 7 rings (SSSR count). The van der Waals surface area contributed by atoms with E-state index in [2.05, 4.69) is 128 Å². The van der Waals surface area contributed by atoms with Crippen LogP contribution in [0, 0.1) is 6.92 Å². The first-order valence-electron chi connectivity index (χ1n) is 12.0. The van der Waals surface area contributed by atoms with Crippen molar-refractivity contribution in [2.24, 2.45) is 0 Å². The molecule has 4 aromatic carbocycles. The van der Waals surface area contributed by atoms with Gasteiger partial charge in [0.1, 0.15) is 5.65 Å². The van der Waals surface area contributed by atoms with Crippen molar-refractivity contribution in [2.75, 3.05) is 0 Å². The smallest absolute Gasteiger partial charge is 0.162 e. The van der Waals surface area contributed by atoms with Crippen molar-refractivity contribution in [3.8, 4) is 0 Å². The van der Waals surface area contributed by atoms with E-state index < -0.39 is 8.07 Å². The van der Waals surface area contributed by atoms with E-state index >= 15 is 0 Å². The average Bonchev–Trinajstić information content (AvgIpc) is 3.24. The highest BCUT2D eigenvalue weighted by Crippen LogP contribution is 2.43. The van der Waals surface area contributed by atoms with Crippen LogP contribution in [0.2, 0.25) is 0 Å². The standard InChI is InChI=1S/C31H26N2Si/c1-21-29-31(2,3)34(22-13-6-4-7-14-22,23-15-8-5-9-16-23)27-20-12-19-25-24-17-10-11-18-26(24)30(32-21)33(29)28(25)27/h4-20H,1-3H3. The summed E-state index contributed by atoms with van der Waals surface area (Å²) in [6.07, 6.45) is 0. The van der Waals surface area contributed by atoms with E-state index in [0.29, 0.717) is 0 Å². The number of fused-ring (bicyclic) bond motifs is 3. The van der Waals surface area contributed by atoms with E-state index in [9.17, 15) is 0 Å². The summed E-state index contributed by atoms with van der Waals surface area (Å²) in [5.74, 6) is 0. The predicted octanol–water partition coefficient (Wildman–Crippen LogP) is 5.25. The van der Waals surface area contributed by atoms with Gasteiger partial charge in [0.2, 0.25) is 0 Å². The molecular weight excluding hydrogens is 428 g/mol. The zero-order valence-electron chi connectivity index (χ0n) is 19.7. The lowest BCUT2D eigenvalue weighted by Gasteiger charge is -2.49. The summed E-state index contributed by atoms with van der Waals surface area (Å²) < 4.78 is 2.50. The maximum absolute atomic E-state index is 5.23. The number of para-hydroxylation sites is 1. The number of imidazole rings is 1. The first-order chi connectivity index (χ1) is 16.6. The zero-order valence-corrected chi connectivity index (χ0v) is 20.7. The normalized spacial score (nSPS) is 16.0. The topological polar surface area (TPSA) is 17.3 Å². The Morgan fingerprint density at radius 1 is 0.647 bits per heavy atom. The molecule has 0 spiro atoms. The van der Waals surface area contributed by atoms with Crippen LogP contribution < -0.4 is 15.6 Å². The van der Waals surface area contributed by atoms with Crippen molar-refractivity contribution < 1.29 is 0 Å². The Kier molecular flexibility index (Phi) is 3.88. The average molecular weight is 455 g/mol. The van der Waals surface area contributed by atoms with Crippen molar-refractivity contribution in [3.05, 3.63) is 115 Å². The molecule has 0 saturated carbocycles. The van der Waals surface area contributed by atoms with Gasteiger partial charge in [0.15, 0.2) is 8.07 Å². The molecule has 0 unspecified atom stereocenters. The molecule has 6 aromatic rings. The Balaban J connectivity index is 1.82. The second kappa shape index (κ2) is 6.68. The summed E-state index contributed by atoms with van der Waals surface area (Å²) >= 11 is 0. The SMILES string of the molecule is Cc1nc2c3ccccc3c3cccc4c3n2c1C(C)(C)[Si]4(c1ccccc1)c1ccccc1. The molecule has 0 fully saturated rings. The second-order valence-corrected chi connectivity index (χ2v) is 14.5. The van der Waals surface area contributed by atoms with E-state index in [1.165, 1.54) is 42.9 Å². The zero-order chi connectivity index (χ0) is 23.1. The highest BCUT2D eigenvalue weighted by Gasteiger charge is 2.57. The van der Waals surface area contributed by atoms with E-state index in [4.69, 9.17) is 4.98 Å². The lowest BCUT2D eigenvalue weighted by Crippen LogP contribution is -2.78. The van der Waals surface area contributed by atoms with Gasteiger partial charge in [-0.15, -0.1) is 0 Å². The summed E-state index contributed by atoms with van der Waals surface area (Å²) in [5.41, 5.74) is 4.92. The molecule has 0 saturated heterocycles. The molecule has 1 aliphatic heterocycles. The third-order valence-corrected chi connectivity index (χ3v) is 13.8. The Bertz CT molecular complexity index is 1690. The van der Waals surface area contributed by atoms with Gasteiger partial charge in [0, 0.05) is 21.5 Å². The lowest BCUT2D eigenvalue weighted by atomic mass is 10.0. The molecule has 0 bridgehead atoms. The fourth-order valence-electron chi connectivity index (χ4n) is 6.97. The monoisotopic (exact) mass is 454 g/mol. The van der Waals surface area contributed by atoms with E-state index in [-0.39, 0.29) is 5.04 Å². The van der Waals surface area contributed by atoms with Crippen molar-refractivity contribution in [1.29, 1.82) is 0 Å². The molecule has 3 heteroatoms. The molecule has 1 aliphatic rings. The molecule has 3 heterocycles. The molecule has 0 radical (unpaired) electrons. The van der Waals surface area contributed by atoms with Gasteiger partial charge in [0.25, 0.3) is 0 Å². The fourth-order valence-corrected chi connectivity index (χ4v) is 13.0. The predicted molar refractivity (Wildman–Crippen MR) is 146 cm³/mol.